The first-order valence-electron chi connectivity index (χ1n) is 11.8. The summed E-state index contributed by atoms with van der Waals surface area (Å²) in [5, 5.41) is 3.30. The summed E-state index contributed by atoms with van der Waals surface area (Å²) in [6.45, 7) is 17.4. The molecule has 2 aliphatic rings. The van der Waals surface area contributed by atoms with E-state index in [-0.39, 0.29) is 12.1 Å². The lowest BCUT2D eigenvalue weighted by Gasteiger charge is -2.47. The van der Waals surface area contributed by atoms with Crippen LogP contribution in [0.4, 0.5) is 4.79 Å². The summed E-state index contributed by atoms with van der Waals surface area (Å²) in [7, 11) is 0. The molecule has 0 aromatic carbocycles. The summed E-state index contributed by atoms with van der Waals surface area (Å²) >= 11 is 0. The van der Waals surface area contributed by atoms with Crippen molar-refractivity contribution >= 4 is 11.8 Å². The molecule has 1 heterocycles. The van der Waals surface area contributed by atoms with Crippen molar-refractivity contribution in [3.8, 4) is 0 Å². The van der Waals surface area contributed by atoms with Gasteiger partial charge in [-0.15, -0.1) is 0 Å². The number of hydrogen-bond acceptors (Lipinski definition) is 4. The summed E-state index contributed by atoms with van der Waals surface area (Å²) in [6.07, 6.45) is 4.45. The van der Waals surface area contributed by atoms with Gasteiger partial charge in [-0.25, -0.2) is 4.79 Å². The van der Waals surface area contributed by atoms with E-state index in [1.807, 2.05) is 4.90 Å². The summed E-state index contributed by atoms with van der Waals surface area (Å²) in [5.41, 5.74) is 0. The molecule has 168 valence electrons. The molecule has 0 radical (unpaired) electrons. The van der Waals surface area contributed by atoms with Crippen LogP contribution in [-0.2, 0) is 4.79 Å². The van der Waals surface area contributed by atoms with Gasteiger partial charge in [-0.3, -0.25) is 14.6 Å². The van der Waals surface area contributed by atoms with Crippen molar-refractivity contribution in [2.24, 2.45) is 5.92 Å². The number of carbonyl (C=O) groups is 2. The Labute approximate surface area is 178 Å². The number of piperidine rings is 1. The summed E-state index contributed by atoms with van der Waals surface area (Å²) in [6, 6.07) is 1.65. The molecule has 2 fully saturated rings. The fourth-order valence-electron chi connectivity index (χ4n) is 5.32. The SMILES string of the molecule is CCCN1C[C@@H](NC(=O)N(CC)CCN(C(C)C)C(C)C)C[C@@H]2CC(=O)CC[C@H]21. The van der Waals surface area contributed by atoms with Crippen LogP contribution in [0.2, 0.25) is 0 Å². The summed E-state index contributed by atoms with van der Waals surface area (Å²) in [5.74, 6) is 0.793. The van der Waals surface area contributed by atoms with E-state index in [2.05, 4.69) is 56.7 Å². The minimum atomic E-state index is 0.0435. The third-order valence-corrected chi connectivity index (χ3v) is 6.73. The minimum absolute atomic E-state index is 0.0435. The largest absolute Gasteiger partial charge is 0.334 e. The number of likely N-dealkylation sites (tertiary alicyclic amines) is 1. The van der Waals surface area contributed by atoms with Crippen LogP contribution in [-0.4, -0.2) is 83.4 Å². The number of rotatable bonds is 9. The van der Waals surface area contributed by atoms with Crippen LogP contribution in [0, 0.1) is 5.92 Å². The molecular weight excluding hydrogens is 364 g/mol. The van der Waals surface area contributed by atoms with E-state index in [0.29, 0.717) is 42.8 Å². The third kappa shape index (κ3) is 6.68. The first-order valence-corrected chi connectivity index (χ1v) is 11.8. The maximum Gasteiger partial charge on any atom is 0.317 e. The van der Waals surface area contributed by atoms with E-state index in [9.17, 15) is 9.59 Å². The highest BCUT2D eigenvalue weighted by Gasteiger charge is 2.39. The molecule has 29 heavy (non-hydrogen) atoms. The lowest BCUT2D eigenvalue weighted by Crippen LogP contribution is -2.59. The molecule has 2 rings (SSSR count). The van der Waals surface area contributed by atoms with E-state index >= 15 is 0 Å². The summed E-state index contributed by atoms with van der Waals surface area (Å²) in [4.78, 5) is 31.9. The van der Waals surface area contributed by atoms with Gasteiger partial charge in [-0.2, -0.15) is 0 Å². The number of carbonyl (C=O) groups excluding carboxylic acids is 2. The van der Waals surface area contributed by atoms with E-state index in [1.54, 1.807) is 0 Å². The van der Waals surface area contributed by atoms with Crippen LogP contribution < -0.4 is 5.32 Å². The zero-order chi connectivity index (χ0) is 21.6. The topological polar surface area (TPSA) is 55.9 Å². The second-order valence-electron chi connectivity index (χ2n) is 9.49. The zero-order valence-electron chi connectivity index (χ0n) is 19.6. The highest BCUT2D eigenvalue weighted by atomic mass is 16.2. The van der Waals surface area contributed by atoms with Crippen molar-refractivity contribution in [3.05, 3.63) is 0 Å². The number of amides is 2. The normalized spacial score (nSPS) is 25.6. The number of urea groups is 1. The van der Waals surface area contributed by atoms with Crippen molar-refractivity contribution in [2.75, 3.05) is 32.7 Å². The third-order valence-electron chi connectivity index (χ3n) is 6.73. The Bertz CT molecular complexity index is 529. The molecule has 0 unspecified atom stereocenters. The lowest BCUT2D eigenvalue weighted by molar-refractivity contribution is -0.124. The van der Waals surface area contributed by atoms with Gasteiger partial charge in [0.1, 0.15) is 5.78 Å². The number of hydrogen-bond donors (Lipinski definition) is 1. The van der Waals surface area contributed by atoms with E-state index in [1.165, 1.54) is 0 Å². The van der Waals surface area contributed by atoms with Gasteiger partial charge in [-0.05, 0) is 66.3 Å². The minimum Gasteiger partial charge on any atom is -0.334 e. The van der Waals surface area contributed by atoms with Gasteiger partial charge in [-0.1, -0.05) is 6.92 Å². The van der Waals surface area contributed by atoms with Crippen molar-refractivity contribution in [1.82, 2.24) is 20.0 Å². The first kappa shape index (κ1) is 24.1. The smallest absolute Gasteiger partial charge is 0.317 e. The van der Waals surface area contributed by atoms with Crippen LogP contribution in [0.25, 0.3) is 0 Å². The molecule has 3 atom stereocenters. The van der Waals surface area contributed by atoms with E-state index in [0.717, 1.165) is 51.9 Å². The molecule has 0 aromatic rings. The average molecular weight is 409 g/mol. The van der Waals surface area contributed by atoms with Crippen molar-refractivity contribution < 1.29 is 9.59 Å². The van der Waals surface area contributed by atoms with E-state index in [4.69, 9.17) is 0 Å². The molecule has 1 saturated carbocycles. The average Bonchev–Trinajstić information content (AvgIpc) is 2.64. The maximum atomic E-state index is 13.0. The van der Waals surface area contributed by atoms with Gasteiger partial charge in [0.25, 0.3) is 0 Å². The predicted octanol–water partition coefficient (Wildman–Crippen LogP) is 3.36. The number of nitrogens with one attached hydrogen (secondary N) is 1. The van der Waals surface area contributed by atoms with Gasteiger partial charge in [0.15, 0.2) is 0 Å². The zero-order valence-corrected chi connectivity index (χ0v) is 19.6. The second-order valence-corrected chi connectivity index (χ2v) is 9.49. The van der Waals surface area contributed by atoms with Crippen molar-refractivity contribution in [3.63, 3.8) is 0 Å². The molecule has 6 nitrogen and oxygen atoms in total. The Morgan fingerprint density at radius 1 is 1.17 bits per heavy atom. The molecule has 6 heteroatoms. The van der Waals surface area contributed by atoms with Gasteiger partial charge >= 0.3 is 6.03 Å². The first-order chi connectivity index (χ1) is 13.8. The van der Waals surface area contributed by atoms with Gasteiger partial charge in [0.2, 0.25) is 0 Å². The Morgan fingerprint density at radius 3 is 2.45 bits per heavy atom. The monoisotopic (exact) mass is 408 g/mol. The van der Waals surface area contributed by atoms with Crippen molar-refractivity contribution in [2.45, 2.75) is 97.8 Å². The fourth-order valence-corrected chi connectivity index (χ4v) is 5.32. The number of nitrogens with zero attached hydrogens (tertiary/aromatic N) is 3. The van der Waals surface area contributed by atoms with Crippen LogP contribution in [0.1, 0.15) is 73.6 Å². The predicted molar refractivity (Wildman–Crippen MR) is 119 cm³/mol. The highest BCUT2D eigenvalue weighted by molar-refractivity contribution is 5.79. The Kier molecular flexibility index (Phi) is 9.41. The molecule has 1 N–H and O–H groups in total. The highest BCUT2D eigenvalue weighted by Crippen LogP contribution is 2.34. The molecule has 0 aromatic heterocycles. The van der Waals surface area contributed by atoms with Crippen LogP contribution in [0.15, 0.2) is 0 Å². The van der Waals surface area contributed by atoms with Gasteiger partial charge in [0.05, 0.1) is 0 Å². The number of ketones is 1. The van der Waals surface area contributed by atoms with Crippen LogP contribution >= 0.6 is 0 Å². The molecule has 0 bridgehead atoms. The quantitative estimate of drug-likeness (QED) is 0.636. The van der Waals surface area contributed by atoms with Crippen LogP contribution in [0.5, 0.6) is 0 Å². The fraction of sp³-hybridized carbons (Fsp3) is 0.913. The molecule has 1 aliphatic carbocycles. The molecule has 2 amide bonds. The second kappa shape index (κ2) is 11.3. The Balaban J connectivity index is 1.95. The number of fused-ring (bicyclic) bond motifs is 1. The number of likely N-dealkylation sites (N-methyl/N-ethyl adjacent to an activating group) is 1. The summed E-state index contributed by atoms with van der Waals surface area (Å²) < 4.78 is 0. The molecular formula is C23H44N4O2. The van der Waals surface area contributed by atoms with E-state index < -0.39 is 0 Å². The van der Waals surface area contributed by atoms with Gasteiger partial charge < -0.3 is 10.2 Å². The van der Waals surface area contributed by atoms with Crippen LogP contribution in [0.3, 0.4) is 0 Å². The molecule has 1 aliphatic heterocycles. The van der Waals surface area contributed by atoms with Gasteiger partial charge in [0, 0.05) is 63.2 Å². The number of Topliss-reactive ketones (excluding diaryl/α,β-unsaturated/α-hetero) is 1. The molecule has 1 saturated heterocycles. The Hall–Kier alpha value is -1.14. The lowest BCUT2D eigenvalue weighted by atomic mass is 9.76. The maximum absolute atomic E-state index is 13.0. The Morgan fingerprint density at radius 2 is 1.86 bits per heavy atom. The van der Waals surface area contributed by atoms with Crippen molar-refractivity contribution in [1.29, 1.82) is 0 Å². The molecule has 0 spiro atoms. The standard InChI is InChI=1S/C23H44N4O2/c1-7-11-26-16-20(14-19-15-21(28)9-10-22(19)26)24-23(29)25(8-2)12-13-27(17(3)4)18(5)6/h17-20,22H,7-16H2,1-6H3,(H,24,29)/t19-,20+,22-/m1/s1.